The fourth-order valence-corrected chi connectivity index (χ4v) is 3.36. The molecule has 2 aromatic rings. The number of nitrogens with one attached hydrogen (secondary N) is 1. The molecule has 5 heteroatoms. The lowest BCUT2D eigenvalue weighted by Crippen LogP contribution is -2.17. The van der Waals surface area contributed by atoms with E-state index in [1.54, 1.807) is 11.3 Å². The average molecular weight is 293 g/mol. The third kappa shape index (κ3) is 5.30. The molecule has 3 nitrogen and oxygen atoms in total. The zero-order valence-corrected chi connectivity index (χ0v) is 12.8. The predicted octanol–water partition coefficient (Wildman–Crippen LogP) is 3.37. The summed E-state index contributed by atoms with van der Waals surface area (Å²) in [6.07, 6.45) is 2.16. The van der Waals surface area contributed by atoms with Crippen LogP contribution >= 0.6 is 23.1 Å². The van der Waals surface area contributed by atoms with E-state index in [4.69, 9.17) is 0 Å². The van der Waals surface area contributed by atoms with E-state index in [-0.39, 0.29) is 0 Å². The molecule has 0 aliphatic carbocycles. The Hall–Kier alpha value is -0.910. The minimum Gasteiger partial charge on any atom is -0.316 e. The van der Waals surface area contributed by atoms with Crippen LogP contribution in [-0.2, 0) is 12.2 Å². The van der Waals surface area contributed by atoms with Gasteiger partial charge in [-0.2, -0.15) is 0 Å². The quantitative estimate of drug-likeness (QED) is 0.598. The first-order valence-corrected chi connectivity index (χ1v) is 8.38. The minimum absolute atomic E-state index is 0.907. The van der Waals surface area contributed by atoms with Gasteiger partial charge in [-0.1, -0.05) is 25.1 Å². The SMILES string of the molecule is CCCNCCc1nnc(CSc2ccccc2)s1. The molecule has 19 heavy (non-hydrogen) atoms. The maximum atomic E-state index is 4.25. The van der Waals surface area contributed by atoms with Crippen molar-refractivity contribution in [3.63, 3.8) is 0 Å². The third-order valence-corrected chi connectivity index (χ3v) is 4.75. The highest BCUT2D eigenvalue weighted by Gasteiger charge is 2.04. The van der Waals surface area contributed by atoms with E-state index in [9.17, 15) is 0 Å². The van der Waals surface area contributed by atoms with Crippen LogP contribution in [0.2, 0.25) is 0 Å². The summed E-state index contributed by atoms with van der Waals surface area (Å²) in [6, 6.07) is 10.4. The van der Waals surface area contributed by atoms with Gasteiger partial charge in [-0.05, 0) is 25.1 Å². The highest BCUT2D eigenvalue weighted by molar-refractivity contribution is 7.98. The third-order valence-electron chi connectivity index (χ3n) is 2.56. The molecular formula is C14H19N3S2. The van der Waals surface area contributed by atoms with Gasteiger partial charge >= 0.3 is 0 Å². The molecule has 0 unspecified atom stereocenters. The van der Waals surface area contributed by atoms with Gasteiger partial charge in [0.1, 0.15) is 10.0 Å². The number of aromatic nitrogens is 2. The van der Waals surface area contributed by atoms with E-state index < -0.39 is 0 Å². The lowest BCUT2D eigenvalue weighted by molar-refractivity contribution is 0.667. The standard InChI is InChI=1S/C14H19N3S2/c1-2-9-15-10-8-13-16-17-14(19-13)11-18-12-6-4-3-5-7-12/h3-7,15H,2,8-11H2,1H3. The Balaban J connectivity index is 1.74. The van der Waals surface area contributed by atoms with E-state index in [1.165, 1.54) is 11.3 Å². The molecule has 0 amide bonds. The summed E-state index contributed by atoms with van der Waals surface area (Å²) in [7, 11) is 0. The Morgan fingerprint density at radius 2 is 1.89 bits per heavy atom. The molecule has 1 aromatic heterocycles. The Bertz CT molecular complexity index is 471. The van der Waals surface area contributed by atoms with Gasteiger partial charge in [0, 0.05) is 17.9 Å². The van der Waals surface area contributed by atoms with Gasteiger partial charge in [0.15, 0.2) is 0 Å². The molecule has 0 saturated carbocycles. The molecule has 0 bridgehead atoms. The summed E-state index contributed by atoms with van der Waals surface area (Å²) in [5.74, 6) is 0.907. The van der Waals surface area contributed by atoms with Crippen LogP contribution in [0.25, 0.3) is 0 Å². The lowest BCUT2D eigenvalue weighted by Gasteiger charge is -1.98. The highest BCUT2D eigenvalue weighted by atomic mass is 32.2. The van der Waals surface area contributed by atoms with Gasteiger partial charge in [-0.15, -0.1) is 33.3 Å². The van der Waals surface area contributed by atoms with Crippen LogP contribution in [0.3, 0.4) is 0 Å². The largest absolute Gasteiger partial charge is 0.316 e. The molecule has 2 rings (SSSR count). The van der Waals surface area contributed by atoms with Crippen molar-refractivity contribution in [3.05, 3.63) is 40.3 Å². The molecule has 0 fully saturated rings. The van der Waals surface area contributed by atoms with Gasteiger partial charge in [0.25, 0.3) is 0 Å². The number of hydrogen-bond acceptors (Lipinski definition) is 5. The van der Waals surface area contributed by atoms with Crippen LogP contribution in [0, 0.1) is 0 Å². The summed E-state index contributed by atoms with van der Waals surface area (Å²) in [5, 5.41) is 14.1. The molecule has 0 atom stereocenters. The first-order chi connectivity index (χ1) is 9.38. The molecule has 0 aliphatic rings. The number of hydrogen-bond donors (Lipinski definition) is 1. The molecule has 1 N–H and O–H groups in total. The van der Waals surface area contributed by atoms with Crippen molar-refractivity contribution in [1.29, 1.82) is 0 Å². The topological polar surface area (TPSA) is 37.8 Å². The van der Waals surface area contributed by atoms with Crippen LogP contribution < -0.4 is 5.32 Å². The molecule has 1 aromatic carbocycles. The summed E-state index contributed by atoms with van der Waals surface area (Å²) < 4.78 is 0. The Morgan fingerprint density at radius 3 is 2.68 bits per heavy atom. The summed E-state index contributed by atoms with van der Waals surface area (Å²) in [6.45, 7) is 4.25. The second-order valence-electron chi connectivity index (χ2n) is 4.19. The summed E-state index contributed by atoms with van der Waals surface area (Å²) >= 11 is 3.54. The Labute approximate surface area is 122 Å². The van der Waals surface area contributed by atoms with Crippen molar-refractivity contribution in [2.75, 3.05) is 13.1 Å². The summed E-state index contributed by atoms with van der Waals surface area (Å²) in [5.41, 5.74) is 0. The van der Waals surface area contributed by atoms with Crippen LogP contribution in [-0.4, -0.2) is 23.3 Å². The molecular weight excluding hydrogens is 274 g/mol. The number of nitrogens with zero attached hydrogens (tertiary/aromatic N) is 2. The zero-order chi connectivity index (χ0) is 13.3. The smallest absolute Gasteiger partial charge is 0.127 e. The predicted molar refractivity (Wildman–Crippen MR) is 82.8 cm³/mol. The summed E-state index contributed by atoms with van der Waals surface area (Å²) in [4.78, 5) is 1.28. The van der Waals surface area contributed by atoms with Crippen molar-refractivity contribution in [2.24, 2.45) is 0 Å². The molecule has 0 radical (unpaired) electrons. The normalized spacial score (nSPS) is 10.8. The monoisotopic (exact) mass is 293 g/mol. The second kappa shape index (κ2) is 8.30. The molecule has 0 spiro atoms. The first-order valence-electron chi connectivity index (χ1n) is 6.58. The molecule has 1 heterocycles. The molecule has 0 saturated heterocycles. The van der Waals surface area contributed by atoms with E-state index in [2.05, 4.69) is 46.7 Å². The van der Waals surface area contributed by atoms with Gasteiger partial charge in [0.2, 0.25) is 0 Å². The van der Waals surface area contributed by atoms with Crippen molar-refractivity contribution in [2.45, 2.75) is 30.4 Å². The zero-order valence-electron chi connectivity index (χ0n) is 11.1. The van der Waals surface area contributed by atoms with Crippen LogP contribution in [0.4, 0.5) is 0 Å². The van der Waals surface area contributed by atoms with Gasteiger partial charge in [0.05, 0.1) is 5.75 Å². The second-order valence-corrected chi connectivity index (χ2v) is 6.39. The number of thioether (sulfide) groups is 1. The molecule has 0 aliphatic heterocycles. The molecule has 102 valence electrons. The fraction of sp³-hybridized carbons (Fsp3) is 0.429. The Kier molecular flexibility index (Phi) is 6.33. The van der Waals surface area contributed by atoms with E-state index >= 15 is 0 Å². The lowest BCUT2D eigenvalue weighted by atomic mass is 10.4. The van der Waals surface area contributed by atoms with Crippen molar-refractivity contribution in [1.82, 2.24) is 15.5 Å². The van der Waals surface area contributed by atoms with Gasteiger partial charge in [-0.25, -0.2) is 0 Å². The van der Waals surface area contributed by atoms with Crippen molar-refractivity contribution in [3.8, 4) is 0 Å². The first kappa shape index (κ1) is 14.5. The Morgan fingerprint density at radius 1 is 1.11 bits per heavy atom. The van der Waals surface area contributed by atoms with Crippen LogP contribution in [0.5, 0.6) is 0 Å². The average Bonchev–Trinajstić information content (AvgIpc) is 2.91. The van der Waals surface area contributed by atoms with E-state index in [1.807, 2.05) is 17.8 Å². The van der Waals surface area contributed by atoms with Crippen molar-refractivity contribution >= 4 is 23.1 Å². The van der Waals surface area contributed by atoms with E-state index in [0.717, 1.165) is 35.3 Å². The minimum atomic E-state index is 0.907. The van der Waals surface area contributed by atoms with Gasteiger partial charge in [-0.3, -0.25) is 0 Å². The number of rotatable bonds is 8. The fourth-order valence-electron chi connectivity index (χ4n) is 1.61. The van der Waals surface area contributed by atoms with E-state index in [0.29, 0.717) is 0 Å². The number of benzene rings is 1. The van der Waals surface area contributed by atoms with Crippen molar-refractivity contribution < 1.29 is 0 Å². The van der Waals surface area contributed by atoms with Gasteiger partial charge < -0.3 is 5.32 Å². The highest BCUT2D eigenvalue weighted by Crippen LogP contribution is 2.23. The van der Waals surface area contributed by atoms with Crippen LogP contribution in [0.15, 0.2) is 35.2 Å². The maximum absolute atomic E-state index is 4.25. The van der Waals surface area contributed by atoms with Crippen LogP contribution in [0.1, 0.15) is 23.4 Å². The maximum Gasteiger partial charge on any atom is 0.127 e.